The van der Waals surface area contributed by atoms with Crippen LogP contribution < -0.4 is 5.32 Å². The van der Waals surface area contributed by atoms with Gasteiger partial charge in [0.1, 0.15) is 18.0 Å². The molecule has 3 saturated heterocycles. The van der Waals surface area contributed by atoms with Gasteiger partial charge in [0.05, 0.1) is 26.3 Å². The normalized spacial score (nSPS) is 20.0. The van der Waals surface area contributed by atoms with Gasteiger partial charge in [0.25, 0.3) is 5.91 Å². The number of ether oxygens (including phenoxy) is 1. The Labute approximate surface area is 279 Å². The number of phenols is 1. The summed E-state index contributed by atoms with van der Waals surface area (Å²) in [7, 11) is 0. The number of rotatable bonds is 9. The van der Waals surface area contributed by atoms with Crippen LogP contribution in [0.4, 0.5) is 4.79 Å². The zero-order valence-corrected chi connectivity index (χ0v) is 26.7. The minimum Gasteiger partial charge on any atom is -0.508 e. The smallest absolute Gasteiger partial charge is 0.334 e. The first-order chi connectivity index (χ1) is 23.3. The molecule has 3 aromatic rings. The van der Waals surface area contributed by atoms with Gasteiger partial charge in [-0.15, -0.1) is 6.58 Å². The number of benzene rings is 3. The van der Waals surface area contributed by atoms with Gasteiger partial charge in [0.2, 0.25) is 11.8 Å². The first-order valence-corrected chi connectivity index (χ1v) is 16.1. The molecule has 0 radical (unpaired) electrons. The van der Waals surface area contributed by atoms with Crippen molar-refractivity contribution in [3.8, 4) is 5.75 Å². The predicted octanol–water partition coefficient (Wildman–Crippen LogP) is 2.60. The number of hydrogen-bond acceptors (Lipinski definition) is 7. The van der Waals surface area contributed by atoms with Crippen molar-refractivity contribution in [1.29, 1.82) is 0 Å². The molecule has 0 aromatic heterocycles. The number of hydrazine groups is 1. The van der Waals surface area contributed by atoms with E-state index in [-0.39, 0.29) is 62.6 Å². The molecule has 2 N–H and O–H groups in total. The molecule has 6 rings (SSSR count). The fourth-order valence-electron chi connectivity index (χ4n) is 6.53. The van der Waals surface area contributed by atoms with E-state index in [0.29, 0.717) is 31.9 Å². The zero-order valence-electron chi connectivity index (χ0n) is 26.7. The Morgan fingerprint density at radius 2 is 1.67 bits per heavy atom. The summed E-state index contributed by atoms with van der Waals surface area (Å²) in [4.78, 5) is 60.3. The van der Waals surface area contributed by atoms with Gasteiger partial charge >= 0.3 is 6.03 Å². The maximum Gasteiger partial charge on any atom is 0.334 e. The van der Waals surface area contributed by atoms with E-state index in [1.54, 1.807) is 63.3 Å². The number of piperazine rings is 1. The Morgan fingerprint density at radius 3 is 2.40 bits per heavy atom. The number of carbonyl (C=O) groups excluding carboxylic acids is 4. The van der Waals surface area contributed by atoms with Gasteiger partial charge in [-0.3, -0.25) is 14.4 Å². The summed E-state index contributed by atoms with van der Waals surface area (Å²) < 4.78 is 5.40. The van der Waals surface area contributed by atoms with Crippen LogP contribution >= 0.6 is 0 Å². The highest BCUT2D eigenvalue weighted by Crippen LogP contribution is 2.30. The van der Waals surface area contributed by atoms with Crippen molar-refractivity contribution in [1.82, 2.24) is 30.0 Å². The van der Waals surface area contributed by atoms with Gasteiger partial charge in [-0.05, 0) is 41.0 Å². The van der Waals surface area contributed by atoms with Crippen LogP contribution in [0.5, 0.6) is 5.75 Å². The van der Waals surface area contributed by atoms with Crippen LogP contribution in [0.2, 0.25) is 0 Å². The summed E-state index contributed by atoms with van der Waals surface area (Å²) in [6, 6.07) is 22.0. The van der Waals surface area contributed by atoms with E-state index in [2.05, 4.69) is 11.9 Å². The Balaban J connectivity index is 1.31. The number of morpholine rings is 1. The Morgan fingerprint density at radius 1 is 0.938 bits per heavy atom. The van der Waals surface area contributed by atoms with Gasteiger partial charge in [-0.25, -0.2) is 14.8 Å². The third-order valence-corrected chi connectivity index (χ3v) is 8.88. The van der Waals surface area contributed by atoms with Gasteiger partial charge in [0, 0.05) is 44.7 Å². The molecule has 0 spiro atoms. The van der Waals surface area contributed by atoms with Crippen LogP contribution in [0.1, 0.15) is 27.0 Å². The van der Waals surface area contributed by atoms with Crippen LogP contribution in [0.15, 0.2) is 91.5 Å². The van der Waals surface area contributed by atoms with Crippen molar-refractivity contribution in [3.05, 3.63) is 114 Å². The van der Waals surface area contributed by atoms with Crippen molar-refractivity contribution in [2.45, 2.75) is 31.7 Å². The molecule has 250 valence electrons. The molecule has 0 bridgehead atoms. The summed E-state index contributed by atoms with van der Waals surface area (Å²) >= 11 is 0. The highest BCUT2D eigenvalue weighted by Gasteiger charge is 2.51. The molecule has 0 aliphatic carbocycles. The topological polar surface area (TPSA) is 126 Å². The van der Waals surface area contributed by atoms with Crippen molar-refractivity contribution in [2.75, 3.05) is 45.9 Å². The molecule has 12 heteroatoms. The number of aromatic hydroxyl groups is 1. The number of hydrogen-bond donors (Lipinski definition) is 2. The molecule has 0 saturated carbocycles. The second-order valence-corrected chi connectivity index (χ2v) is 12.1. The number of fused-ring (bicyclic) bond motifs is 1. The Bertz CT molecular complexity index is 1640. The first kappa shape index (κ1) is 32.7. The van der Waals surface area contributed by atoms with Gasteiger partial charge in [-0.2, -0.15) is 0 Å². The summed E-state index contributed by atoms with van der Waals surface area (Å²) in [6.45, 7) is 6.51. The summed E-state index contributed by atoms with van der Waals surface area (Å²) in [5, 5.41) is 16.1. The molecular formula is C36H40N6O6. The van der Waals surface area contributed by atoms with Crippen molar-refractivity contribution in [3.63, 3.8) is 0 Å². The molecule has 3 aliphatic heterocycles. The fraction of sp³-hybridized carbons (Fsp3) is 0.333. The quantitative estimate of drug-likeness (QED) is 0.341. The maximum atomic E-state index is 14.3. The van der Waals surface area contributed by atoms with E-state index >= 15 is 0 Å². The van der Waals surface area contributed by atoms with E-state index in [1.165, 1.54) is 9.91 Å². The molecule has 5 amide bonds. The Hall–Kier alpha value is -5.20. The van der Waals surface area contributed by atoms with Gasteiger partial charge in [-0.1, -0.05) is 60.7 Å². The monoisotopic (exact) mass is 652 g/mol. The van der Waals surface area contributed by atoms with Crippen LogP contribution in [0.25, 0.3) is 0 Å². The van der Waals surface area contributed by atoms with Crippen molar-refractivity contribution < 1.29 is 29.0 Å². The third-order valence-electron chi connectivity index (χ3n) is 8.88. The van der Waals surface area contributed by atoms with Crippen LogP contribution in [0.3, 0.4) is 0 Å². The number of urea groups is 1. The van der Waals surface area contributed by atoms with Crippen molar-refractivity contribution >= 4 is 23.8 Å². The number of amides is 5. The largest absolute Gasteiger partial charge is 0.508 e. The molecular weight excluding hydrogens is 612 g/mol. The SMILES string of the molecule is C=CCN1CC(=O)N2C(Cc3ccc(O)cc3)C(=O)N(Cc3cccc(C(=O)N4CCOCC4)c3)CC2N1C(=O)NCc1ccccc1. The average molecular weight is 653 g/mol. The molecule has 3 aliphatic rings. The minimum atomic E-state index is -0.908. The first-order valence-electron chi connectivity index (χ1n) is 16.1. The molecule has 12 nitrogen and oxygen atoms in total. The lowest BCUT2D eigenvalue weighted by Gasteiger charge is -2.55. The average Bonchev–Trinajstić information content (AvgIpc) is 3.10. The van der Waals surface area contributed by atoms with E-state index in [0.717, 1.165) is 16.7 Å². The minimum absolute atomic E-state index is 0.0602. The van der Waals surface area contributed by atoms with E-state index in [9.17, 15) is 24.3 Å². The van der Waals surface area contributed by atoms with E-state index in [4.69, 9.17) is 4.74 Å². The molecule has 3 fully saturated rings. The Kier molecular flexibility index (Phi) is 10.0. The van der Waals surface area contributed by atoms with E-state index in [1.807, 2.05) is 36.4 Å². The molecule has 2 atom stereocenters. The molecule has 2 unspecified atom stereocenters. The number of nitrogens with zero attached hydrogens (tertiary/aromatic N) is 5. The lowest BCUT2D eigenvalue weighted by Crippen LogP contribution is -2.76. The summed E-state index contributed by atoms with van der Waals surface area (Å²) in [5.41, 5.74) is 2.95. The van der Waals surface area contributed by atoms with Crippen molar-refractivity contribution in [2.24, 2.45) is 0 Å². The number of phenolic OH excluding ortho intramolecular Hbond substituents is 1. The lowest BCUT2D eigenvalue weighted by atomic mass is 9.98. The fourth-order valence-corrected chi connectivity index (χ4v) is 6.53. The highest BCUT2D eigenvalue weighted by atomic mass is 16.5. The van der Waals surface area contributed by atoms with Gasteiger partial charge in [0.15, 0.2) is 0 Å². The number of nitrogens with one attached hydrogen (secondary N) is 1. The standard InChI is InChI=1S/C36H40N6O6/c1-2-15-40-25-33(44)41-31(21-26-11-13-30(43)14-12-26)35(46)39(24-32(41)42(40)36(47)37-22-27-7-4-3-5-8-27)23-28-9-6-10-29(20-28)34(45)38-16-18-48-19-17-38/h2-14,20,31-32,43H,1,15-19,21-25H2,(H,37,47). The van der Waals surface area contributed by atoms with Crippen LogP contribution in [0, 0.1) is 0 Å². The number of carbonyl (C=O) groups is 4. The summed E-state index contributed by atoms with van der Waals surface area (Å²) in [6.07, 6.45) is 1.02. The highest BCUT2D eigenvalue weighted by molar-refractivity contribution is 5.95. The lowest BCUT2D eigenvalue weighted by molar-refractivity contribution is -0.189. The third kappa shape index (κ3) is 7.19. The second kappa shape index (κ2) is 14.7. The molecule has 3 heterocycles. The molecule has 3 aromatic carbocycles. The van der Waals surface area contributed by atoms with Crippen LogP contribution in [-0.4, -0.2) is 112 Å². The maximum absolute atomic E-state index is 14.3. The van der Waals surface area contributed by atoms with Crippen LogP contribution in [-0.2, 0) is 33.8 Å². The summed E-state index contributed by atoms with van der Waals surface area (Å²) in [5.74, 6) is -0.543. The zero-order chi connectivity index (χ0) is 33.6. The predicted molar refractivity (Wildman–Crippen MR) is 177 cm³/mol. The second-order valence-electron chi connectivity index (χ2n) is 12.1. The van der Waals surface area contributed by atoms with Gasteiger partial charge < -0.3 is 29.9 Å². The molecule has 48 heavy (non-hydrogen) atoms. The van der Waals surface area contributed by atoms with E-state index < -0.39 is 18.2 Å².